The van der Waals surface area contributed by atoms with E-state index >= 15 is 0 Å². The Labute approximate surface area is 202 Å². The number of amides is 1. The summed E-state index contributed by atoms with van der Waals surface area (Å²) in [6.45, 7) is 6.17. The van der Waals surface area contributed by atoms with E-state index in [0.717, 1.165) is 36.0 Å². The maximum Gasteiger partial charge on any atom is 0.332 e. The van der Waals surface area contributed by atoms with Gasteiger partial charge in [0.1, 0.15) is 11.2 Å². The summed E-state index contributed by atoms with van der Waals surface area (Å²) in [5.41, 5.74) is 4.71. The number of hydrogen-bond acceptors (Lipinski definition) is 4. The highest BCUT2D eigenvalue weighted by molar-refractivity contribution is 7.17. The Balaban J connectivity index is 1.61. The van der Waals surface area contributed by atoms with Crippen molar-refractivity contribution in [3.63, 3.8) is 0 Å². The van der Waals surface area contributed by atoms with Gasteiger partial charge in [-0.1, -0.05) is 43.7 Å². The number of benzene rings is 2. The first-order valence-corrected chi connectivity index (χ1v) is 12.4. The van der Waals surface area contributed by atoms with Crippen LogP contribution in [-0.4, -0.2) is 15.0 Å². The van der Waals surface area contributed by atoms with Crippen LogP contribution in [0.2, 0.25) is 0 Å². The molecule has 4 rings (SSSR count). The molecule has 0 saturated heterocycles. The largest absolute Gasteiger partial charge is 0.332 e. The predicted octanol–water partition coefficient (Wildman–Crippen LogP) is 4.87. The quantitative estimate of drug-likeness (QED) is 0.395. The SMILES string of the molecule is CCCCc1ccc(NC(=O)Cn2c(=O)n(Cc3ccc(C)c(C)c3)c(=O)c3sccc32)cc1. The van der Waals surface area contributed by atoms with Gasteiger partial charge in [0, 0.05) is 5.69 Å². The zero-order chi connectivity index (χ0) is 24.2. The molecule has 0 fully saturated rings. The van der Waals surface area contributed by atoms with Gasteiger partial charge in [0.2, 0.25) is 5.91 Å². The number of rotatable bonds is 8. The number of nitrogens with zero attached hydrogens (tertiary/aromatic N) is 2. The van der Waals surface area contributed by atoms with Crippen LogP contribution in [-0.2, 0) is 24.3 Å². The average molecular weight is 476 g/mol. The van der Waals surface area contributed by atoms with E-state index in [4.69, 9.17) is 0 Å². The van der Waals surface area contributed by atoms with E-state index in [1.54, 1.807) is 11.4 Å². The number of unbranched alkanes of at least 4 members (excludes halogenated alkanes) is 1. The van der Waals surface area contributed by atoms with Crippen LogP contribution < -0.4 is 16.6 Å². The van der Waals surface area contributed by atoms with E-state index in [0.29, 0.717) is 15.9 Å². The fourth-order valence-corrected chi connectivity index (χ4v) is 4.83. The Bertz CT molecular complexity index is 1440. The average Bonchev–Trinajstić information content (AvgIpc) is 3.31. The molecule has 0 aliphatic carbocycles. The molecule has 176 valence electrons. The van der Waals surface area contributed by atoms with Crippen molar-refractivity contribution in [2.24, 2.45) is 0 Å². The molecular formula is C27H29N3O3S. The van der Waals surface area contributed by atoms with E-state index in [1.165, 1.54) is 26.0 Å². The Morgan fingerprint density at radius 3 is 2.38 bits per heavy atom. The summed E-state index contributed by atoms with van der Waals surface area (Å²) >= 11 is 1.28. The molecule has 0 radical (unpaired) electrons. The minimum absolute atomic E-state index is 0.160. The van der Waals surface area contributed by atoms with Crippen molar-refractivity contribution in [3.05, 3.63) is 97.0 Å². The molecule has 2 aromatic heterocycles. The van der Waals surface area contributed by atoms with E-state index in [9.17, 15) is 14.4 Å². The van der Waals surface area contributed by atoms with Crippen LogP contribution in [0.3, 0.4) is 0 Å². The van der Waals surface area contributed by atoms with Gasteiger partial charge in [0.25, 0.3) is 5.56 Å². The highest BCUT2D eigenvalue weighted by Crippen LogP contribution is 2.17. The molecule has 0 spiro atoms. The van der Waals surface area contributed by atoms with Crippen molar-refractivity contribution in [1.29, 1.82) is 0 Å². The summed E-state index contributed by atoms with van der Waals surface area (Å²) in [4.78, 5) is 39.2. The van der Waals surface area contributed by atoms with Crippen LogP contribution in [0, 0.1) is 13.8 Å². The van der Waals surface area contributed by atoms with Crippen molar-refractivity contribution in [2.75, 3.05) is 5.32 Å². The van der Waals surface area contributed by atoms with Crippen LogP contribution in [0.4, 0.5) is 5.69 Å². The van der Waals surface area contributed by atoms with Gasteiger partial charge in [-0.3, -0.25) is 18.7 Å². The summed E-state index contributed by atoms with van der Waals surface area (Å²) in [5, 5.41) is 4.65. The highest BCUT2D eigenvalue weighted by Gasteiger charge is 2.17. The lowest BCUT2D eigenvalue weighted by Crippen LogP contribution is -2.41. The zero-order valence-corrected chi connectivity index (χ0v) is 20.6. The number of nitrogens with one attached hydrogen (secondary N) is 1. The monoisotopic (exact) mass is 475 g/mol. The van der Waals surface area contributed by atoms with E-state index < -0.39 is 5.69 Å². The van der Waals surface area contributed by atoms with Crippen LogP contribution in [0.15, 0.2) is 63.5 Å². The number of thiophene rings is 1. The van der Waals surface area contributed by atoms with Gasteiger partial charge in [-0.15, -0.1) is 11.3 Å². The lowest BCUT2D eigenvalue weighted by molar-refractivity contribution is -0.116. The second kappa shape index (κ2) is 10.2. The Hall–Kier alpha value is -3.45. The standard InChI is InChI=1S/C27H29N3O3S/c1-4-5-6-20-9-11-22(12-10-20)28-24(31)17-29-23-13-14-34-25(23)26(32)30(27(29)33)16-21-8-7-18(2)19(3)15-21/h7-15H,4-6,16-17H2,1-3H3,(H,28,31). The summed E-state index contributed by atoms with van der Waals surface area (Å²) in [6.07, 6.45) is 3.28. The number of carbonyl (C=O) groups excluding carboxylic acids is 1. The smallest absolute Gasteiger partial charge is 0.325 e. The van der Waals surface area contributed by atoms with Gasteiger partial charge < -0.3 is 5.32 Å². The van der Waals surface area contributed by atoms with Gasteiger partial charge in [-0.25, -0.2) is 4.79 Å². The summed E-state index contributed by atoms with van der Waals surface area (Å²) < 4.78 is 3.08. The van der Waals surface area contributed by atoms with Crippen molar-refractivity contribution in [1.82, 2.24) is 9.13 Å². The molecule has 0 atom stereocenters. The summed E-state index contributed by atoms with van der Waals surface area (Å²) in [7, 11) is 0. The van der Waals surface area contributed by atoms with Crippen LogP contribution >= 0.6 is 11.3 Å². The first-order valence-electron chi connectivity index (χ1n) is 11.5. The summed E-state index contributed by atoms with van der Waals surface area (Å²) in [5.74, 6) is -0.313. The zero-order valence-electron chi connectivity index (χ0n) is 19.8. The second-order valence-electron chi connectivity index (χ2n) is 8.66. The van der Waals surface area contributed by atoms with Gasteiger partial charge in [0.15, 0.2) is 0 Å². The van der Waals surface area contributed by atoms with E-state index in [-0.39, 0.29) is 24.6 Å². The first kappa shape index (κ1) is 23.7. The molecule has 1 N–H and O–H groups in total. The van der Waals surface area contributed by atoms with Crippen molar-refractivity contribution >= 4 is 33.1 Å². The third-order valence-electron chi connectivity index (χ3n) is 6.11. The fraction of sp³-hybridized carbons (Fsp3) is 0.296. The molecule has 0 bridgehead atoms. The summed E-state index contributed by atoms with van der Waals surface area (Å²) in [6, 6.07) is 15.4. The molecule has 0 unspecified atom stereocenters. The Kier molecular flexibility index (Phi) is 7.12. The van der Waals surface area contributed by atoms with Crippen LogP contribution in [0.5, 0.6) is 0 Å². The molecule has 0 aliphatic heterocycles. The molecule has 1 amide bonds. The van der Waals surface area contributed by atoms with E-state index in [1.807, 2.05) is 56.3 Å². The second-order valence-corrected chi connectivity index (χ2v) is 9.58. The lowest BCUT2D eigenvalue weighted by Gasteiger charge is -2.13. The molecule has 6 nitrogen and oxygen atoms in total. The number of fused-ring (bicyclic) bond motifs is 1. The minimum Gasteiger partial charge on any atom is -0.325 e. The lowest BCUT2D eigenvalue weighted by atomic mass is 10.1. The molecule has 34 heavy (non-hydrogen) atoms. The Morgan fingerprint density at radius 1 is 0.941 bits per heavy atom. The third-order valence-corrected chi connectivity index (χ3v) is 7.00. The molecule has 4 aromatic rings. The fourth-order valence-electron chi connectivity index (χ4n) is 3.99. The van der Waals surface area contributed by atoms with Gasteiger partial charge in [-0.05, 0) is 72.5 Å². The molecule has 0 saturated carbocycles. The number of hydrogen-bond donors (Lipinski definition) is 1. The molecular weight excluding hydrogens is 446 g/mol. The number of aromatic nitrogens is 2. The number of aryl methyl sites for hydroxylation is 3. The minimum atomic E-state index is -0.487. The van der Waals surface area contributed by atoms with Crippen molar-refractivity contribution < 1.29 is 4.79 Å². The van der Waals surface area contributed by atoms with Crippen molar-refractivity contribution in [3.8, 4) is 0 Å². The van der Waals surface area contributed by atoms with Gasteiger partial charge in [0.05, 0.1) is 12.1 Å². The normalized spacial score (nSPS) is 11.1. The molecule has 2 heterocycles. The first-order chi connectivity index (χ1) is 16.4. The molecule has 2 aromatic carbocycles. The van der Waals surface area contributed by atoms with Crippen LogP contribution in [0.25, 0.3) is 10.2 Å². The van der Waals surface area contributed by atoms with Gasteiger partial charge in [-0.2, -0.15) is 0 Å². The maximum absolute atomic E-state index is 13.3. The van der Waals surface area contributed by atoms with Gasteiger partial charge >= 0.3 is 5.69 Å². The Morgan fingerprint density at radius 2 is 1.68 bits per heavy atom. The molecule has 7 heteroatoms. The third kappa shape index (κ3) is 5.04. The number of carbonyl (C=O) groups is 1. The maximum atomic E-state index is 13.3. The van der Waals surface area contributed by atoms with Crippen LogP contribution in [0.1, 0.15) is 42.0 Å². The number of anilines is 1. The molecule has 0 aliphatic rings. The topological polar surface area (TPSA) is 73.1 Å². The highest BCUT2D eigenvalue weighted by atomic mass is 32.1. The predicted molar refractivity (Wildman–Crippen MR) is 139 cm³/mol. The van der Waals surface area contributed by atoms with Crippen molar-refractivity contribution in [2.45, 2.75) is 53.1 Å². The van der Waals surface area contributed by atoms with E-state index in [2.05, 4.69) is 12.2 Å².